The molecule has 1 amide bonds. The van der Waals surface area contributed by atoms with Crippen LogP contribution in [0.2, 0.25) is 0 Å². The number of thioether (sulfide) groups is 1. The molecule has 1 fully saturated rings. The molecule has 0 unspecified atom stereocenters. The molecule has 1 aliphatic heterocycles. The molecule has 0 aliphatic carbocycles. The van der Waals surface area contributed by atoms with Gasteiger partial charge in [0.05, 0.1) is 5.75 Å². The van der Waals surface area contributed by atoms with E-state index in [1.807, 2.05) is 83.8 Å². The molecule has 1 aliphatic rings. The maximum Gasteiger partial charge on any atom is 0.233 e. The predicted molar refractivity (Wildman–Crippen MR) is 134 cm³/mol. The molecule has 8 heteroatoms. The lowest BCUT2D eigenvalue weighted by Crippen LogP contribution is -2.49. The van der Waals surface area contributed by atoms with Crippen molar-refractivity contribution < 1.29 is 4.79 Å². The zero-order valence-corrected chi connectivity index (χ0v) is 19.4. The van der Waals surface area contributed by atoms with Crippen molar-refractivity contribution in [2.24, 2.45) is 0 Å². The van der Waals surface area contributed by atoms with Gasteiger partial charge in [0.15, 0.2) is 0 Å². The Morgan fingerprint density at radius 2 is 1.41 bits per heavy atom. The molecule has 2 aromatic heterocycles. The lowest BCUT2D eigenvalue weighted by atomic mass is 10.0. The van der Waals surface area contributed by atoms with E-state index in [0.717, 1.165) is 41.4 Å². The van der Waals surface area contributed by atoms with Gasteiger partial charge in [-0.3, -0.25) is 4.79 Å². The van der Waals surface area contributed by atoms with Crippen molar-refractivity contribution in [3.63, 3.8) is 0 Å². The molecular formula is C26H24N6OS. The number of aromatic nitrogens is 4. The van der Waals surface area contributed by atoms with Gasteiger partial charge in [-0.2, -0.15) is 0 Å². The first-order chi connectivity index (χ1) is 16.8. The summed E-state index contributed by atoms with van der Waals surface area (Å²) >= 11 is 1.33. The average Bonchev–Trinajstić information content (AvgIpc) is 2.93. The Morgan fingerprint density at radius 3 is 2.06 bits per heavy atom. The van der Waals surface area contributed by atoms with E-state index in [2.05, 4.69) is 20.1 Å². The third kappa shape index (κ3) is 5.07. The summed E-state index contributed by atoms with van der Waals surface area (Å²) in [4.78, 5) is 26.2. The molecule has 0 saturated carbocycles. The summed E-state index contributed by atoms with van der Waals surface area (Å²) in [5.74, 6) is 1.32. The fourth-order valence-electron chi connectivity index (χ4n) is 3.90. The molecule has 0 spiro atoms. The highest BCUT2D eigenvalue weighted by Gasteiger charge is 2.22. The number of amides is 1. The third-order valence-electron chi connectivity index (χ3n) is 5.69. The number of carbonyl (C=O) groups excluding carboxylic acids is 1. The van der Waals surface area contributed by atoms with Crippen molar-refractivity contribution in [1.29, 1.82) is 0 Å². The summed E-state index contributed by atoms with van der Waals surface area (Å²) in [6.45, 7) is 2.90. The molecule has 2 aromatic carbocycles. The van der Waals surface area contributed by atoms with Gasteiger partial charge < -0.3 is 9.80 Å². The second kappa shape index (κ2) is 10.4. The Hall–Kier alpha value is -3.78. The van der Waals surface area contributed by atoms with Crippen LogP contribution in [0.5, 0.6) is 0 Å². The number of benzene rings is 2. The van der Waals surface area contributed by atoms with Crippen molar-refractivity contribution >= 4 is 23.5 Å². The highest BCUT2D eigenvalue weighted by molar-refractivity contribution is 7.99. The summed E-state index contributed by atoms with van der Waals surface area (Å²) in [6.07, 6.45) is 1.80. The summed E-state index contributed by atoms with van der Waals surface area (Å²) in [6, 6.07) is 25.8. The van der Waals surface area contributed by atoms with Gasteiger partial charge in [-0.1, -0.05) is 78.5 Å². The van der Waals surface area contributed by atoms with E-state index in [-0.39, 0.29) is 11.7 Å². The molecule has 5 rings (SSSR count). The van der Waals surface area contributed by atoms with Gasteiger partial charge in [-0.15, -0.1) is 10.2 Å². The quantitative estimate of drug-likeness (QED) is 0.395. The maximum atomic E-state index is 12.9. The summed E-state index contributed by atoms with van der Waals surface area (Å²) in [7, 11) is 0. The van der Waals surface area contributed by atoms with Crippen LogP contribution in [-0.4, -0.2) is 62.9 Å². The minimum Gasteiger partial charge on any atom is -0.353 e. The second-order valence-corrected chi connectivity index (χ2v) is 8.81. The fourth-order valence-corrected chi connectivity index (χ4v) is 4.59. The molecule has 34 heavy (non-hydrogen) atoms. The van der Waals surface area contributed by atoms with Crippen molar-refractivity contribution in [2.45, 2.75) is 5.16 Å². The van der Waals surface area contributed by atoms with E-state index < -0.39 is 0 Å². The monoisotopic (exact) mass is 468 g/mol. The number of carbonyl (C=O) groups is 1. The van der Waals surface area contributed by atoms with Gasteiger partial charge in [-0.25, -0.2) is 9.97 Å². The van der Waals surface area contributed by atoms with Crippen LogP contribution in [0.15, 0.2) is 90.2 Å². The van der Waals surface area contributed by atoms with Crippen LogP contribution in [0, 0.1) is 0 Å². The highest BCUT2D eigenvalue weighted by atomic mass is 32.2. The first-order valence-corrected chi connectivity index (χ1v) is 12.2. The van der Waals surface area contributed by atoms with E-state index in [1.54, 1.807) is 6.20 Å². The first-order valence-electron chi connectivity index (χ1n) is 11.2. The van der Waals surface area contributed by atoms with Crippen LogP contribution in [0.1, 0.15) is 0 Å². The smallest absolute Gasteiger partial charge is 0.233 e. The zero-order chi connectivity index (χ0) is 23.2. The second-order valence-electron chi connectivity index (χ2n) is 7.87. The summed E-state index contributed by atoms with van der Waals surface area (Å²) in [5, 5.41) is 9.31. The Morgan fingerprint density at radius 1 is 0.765 bits per heavy atom. The van der Waals surface area contributed by atoms with Crippen LogP contribution in [0.4, 0.5) is 5.82 Å². The molecular weight excluding hydrogens is 444 g/mol. The van der Waals surface area contributed by atoms with E-state index in [1.165, 1.54) is 11.8 Å². The van der Waals surface area contributed by atoms with Crippen LogP contribution in [0.3, 0.4) is 0 Å². The minimum absolute atomic E-state index is 0.0858. The van der Waals surface area contributed by atoms with Gasteiger partial charge in [0.2, 0.25) is 11.1 Å². The molecule has 4 aromatic rings. The third-order valence-corrected chi connectivity index (χ3v) is 6.51. The molecule has 0 N–H and O–H groups in total. The minimum atomic E-state index is 0.0858. The van der Waals surface area contributed by atoms with Crippen LogP contribution in [0.25, 0.3) is 22.5 Å². The first kappa shape index (κ1) is 22.0. The summed E-state index contributed by atoms with van der Waals surface area (Å²) in [5.41, 5.74) is 3.42. The number of rotatable bonds is 6. The SMILES string of the molecule is O=C(CSc1nnc(-c2ccccc2)c(-c2ccccc2)n1)N1CCN(c2ccccn2)CC1. The molecule has 0 atom stereocenters. The van der Waals surface area contributed by atoms with Gasteiger partial charge in [-0.05, 0) is 12.1 Å². The Kier molecular flexibility index (Phi) is 6.76. The van der Waals surface area contributed by atoms with Crippen molar-refractivity contribution in [1.82, 2.24) is 25.1 Å². The Labute approximate surface area is 202 Å². The predicted octanol–water partition coefficient (Wildman–Crippen LogP) is 4.04. The van der Waals surface area contributed by atoms with Crippen molar-refractivity contribution in [3.8, 4) is 22.5 Å². The molecule has 7 nitrogen and oxygen atoms in total. The van der Waals surface area contributed by atoms with E-state index in [9.17, 15) is 4.79 Å². The molecule has 0 bridgehead atoms. The number of hydrogen-bond donors (Lipinski definition) is 0. The number of hydrogen-bond acceptors (Lipinski definition) is 7. The lowest BCUT2D eigenvalue weighted by molar-refractivity contribution is -0.128. The van der Waals surface area contributed by atoms with Crippen molar-refractivity contribution in [3.05, 3.63) is 85.1 Å². The van der Waals surface area contributed by atoms with Crippen LogP contribution in [-0.2, 0) is 4.79 Å². The van der Waals surface area contributed by atoms with E-state index >= 15 is 0 Å². The maximum absolute atomic E-state index is 12.9. The number of anilines is 1. The normalized spacial score (nSPS) is 13.6. The zero-order valence-electron chi connectivity index (χ0n) is 18.6. The summed E-state index contributed by atoms with van der Waals surface area (Å²) < 4.78 is 0. The fraction of sp³-hybridized carbons (Fsp3) is 0.192. The number of pyridine rings is 1. The Balaban J connectivity index is 1.26. The number of piperazine rings is 1. The topological polar surface area (TPSA) is 75.1 Å². The molecule has 170 valence electrons. The van der Waals surface area contributed by atoms with Gasteiger partial charge in [0.25, 0.3) is 0 Å². The van der Waals surface area contributed by atoms with Crippen molar-refractivity contribution in [2.75, 3.05) is 36.8 Å². The molecule has 1 saturated heterocycles. The largest absolute Gasteiger partial charge is 0.353 e. The lowest BCUT2D eigenvalue weighted by Gasteiger charge is -2.35. The number of nitrogens with zero attached hydrogens (tertiary/aromatic N) is 6. The van der Waals surface area contributed by atoms with E-state index in [0.29, 0.717) is 18.2 Å². The van der Waals surface area contributed by atoms with Crippen LogP contribution < -0.4 is 4.90 Å². The Bertz CT molecular complexity index is 1230. The molecule has 0 radical (unpaired) electrons. The van der Waals surface area contributed by atoms with Gasteiger partial charge >= 0.3 is 0 Å². The van der Waals surface area contributed by atoms with Gasteiger partial charge in [0.1, 0.15) is 17.2 Å². The average molecular weight is 469 g/mol. The van der Waals surface area contributed by atoms with Gasteiger partial charge in [0, 0.05) is 43.5 Å². The standard InChI is InChI=1S/C26H24N6OS/c33-23(32-17-15-31(16-18-32)22-13-7-8-14-27-22)19-34-26-28-24(20-9-3-1-4-10-20)25(29-30-26)21-11-5-2-6-12-21/h1-14H,15-19H2. The van der Waals surface area contributed by atoms with E-state index in [4.69, 9.17) is 4.98 Å². The van der Waals surface area contributed by atoms with Crippen LogP contribution >= 0.6 is 11.8 Å². The highest BCUT2D eigenvalue weighted by Crippen LogP contribution is 2.29. The molecule has 3 heterocycles.